The van der Waals surface area contributed by atoms with E-state index in [2.05, 4.69) is 10.6 Å². The average molecular weight is 202 g/mol. The molecule has 5 heteroatoms. The third-order valence-electron chi connectivity index (χ3n) is 1.83. The highest BCUT2D eigenvalue weighted by Crippen LogP contribution is 1.90. The first kappa shape index (κ1) is 12.7. The summed E-state index contributed by atoms with van der Waals surface area (Å²) in [6.45, 7) is 4.31. The van der Waals surface area contributed by atoms with Gasteiger partial charge in [0.25, 0.3) is 0 Å². The van der Waals surface area contributed by atoms with E-state index in [0.717, 1.165) is 12.8 Å². The van der Waals surface area contributed by atoms with Crippen LogP contribution in [0.4, 0.5) is 4.79 Å². The van der Waals surface area contributed by atoms with Gasteiger partial charge in [-0.3, -0.25) is 0 Å². The fourth-order valence-corrected chi connectivity index (χ4v) is 0.926. The summed E-state index contributed by atoms with van der Waals surface area (Å²) >= 11 is 0. The molecule has 0 unspecified atom stereocenters. The third-order valence-corrected chi connectivity index (χ3v) is 1.83. The van der Waals surface area contributed by atoms with Gasteiger partial charge in [0.1, 0.15) is 6.04 Å². The number of urea groups is 1. The first-order valence-electron chi connectivity index (χ1n) is 4.89. The monoisotopic (exact) mass is 202 g/mol. The first-order chi connectivity index (χ1) is 6.61. The van der Waals surface area contributed by atoms with E-state index in [-0.39, 0.29) is 0 Å². The van der Waals surface area contributed by atoms with Crippen LogP contribution in [0.25, 0.3) is 0 Å². The van der Waals surface area contributed by atoms with Crippen LogP contribution in [0.2, 0.25) is 0 Å². The van der Waals surface area contributed by atoms with Crippen molar-refractivity contribution in [2.45, 2.75) is 39.2 Å². The summed E-state index contributed by atoms with van der Waals surface area (Å²) in [6.07, 6.45) is 2.28. The lowest BCUT2D eigenvalue weighted by Crippen LogP contribution is -2.45. The van der Waals surface area contributed by atoms with E-state index in [1.165, 1.54) is 0 Å². The predicted octanol–water partition coefficient (Wildman–Crippen LogP) is 0.949. The lowest BCUT2D eigenvalue weighted by Gasteiger charge is -2.12. The molecule has 0 spiro atoms. The second-order valence-electron chi connectivity index (χ2n) is 3.05. The Kier molecular flexibility index (Phi) is 6.53. The smallest absolute Gasteiger partial charge is 0.326 e. The summed E-state index contributed by atoms with van der Waals surface area (Å²) in [5.74, 6) is -1.00. The van der Waals surface area contributed by atoms with Crippen LogP contribution < -0.4 is 10.6 Å². The molecule has 0 bridgehead atoms. The van der Waals surface area contributed by atoms with Crippen LogP contribution in [0.15, 0.2) is 0 Å². The quantitative estimate of drug-likeness (QED) is 0.561. The molecule has 0 aromatic rings. The van der Waals surface area contributed by atoms with E-state index in [4.69, 9.17) is 5.11 Å². The van der Waals surface area contributed by atoms with Crippen LogP contribution in [-0.4, -0.2) is 29.7 Å². The van der Waals surface area contributed by atoms with Crippen LogP contribution >= 0.6 is 0 Å². The number of carboxylic acids is 1. The number of hydrogen-bond donors (Lipinski definition) is 3. The van der Waals surface area contributed by atoms with Crippen molar-refractivity contribution in [2.24, 2.45) is 0 Å². The molecule has 3 N–H and O–H groups in total. The molecular formula is C9H18N2O3. The molecule has 0 saturated carbocycles. The van der Waals surface area contributed by atoms with Gasteiger partial charge in [0.2, 0.25) is 0 Å². The molecule has 0 rings (SSSR count). The Balaban J connectivity index is 3.74. The van der Waals surface area contributed by atoms with Crippen molar-refractivity contribution in [1.82, 2.24) is 10.6 Å². The molecule has 1 atom stereocenters. The minimum absolute atomic E-state index is 0.385. The Morgan fingerprint density at radius 2 is 2.00 bits per heavy atom. The van der Waals surface area contributed by atoms with E-state index < -0.39 is 18.0 Å². The van der Waals surface area contributed by atoms with Crippen LogP contribution in [0.5, 0.6) is 0 Å². The van der Waals surface area contributed by atoms with Crippen molar-refractivity contribution in [1.29, 1.82) is 0 Å². The largest absolute Gasteiger partial charge is 0.480 e. The lowest BCUT2D eigenvalue weighted by molar-refractivity contribution is -0.139. The summed E-state index contributed by atoms with van der Waals surface area (Å²) in [5, 5.41) is 13.6. The molecule has 0 aliphatic carbocycles. The summed E-state index contributed by atoms with van der Waals surface area (Å²) in [7, 11) is 0. The molecule has 5 nitrogen and oxygen atoms in total. The Hall–Kier alpha value is -1.26. The van der Waals surface area contributed by atoms with Gasteiger partial charge in [-0.2, -0.15) is 0 Å². The van der Waals surface area contributed by atoms with Crippen molar-refractivity contribution in [3.8, 4) is 0 Å². The van der Waals surface area contributed by atoms with Gasteiger partial charge in [0.15, 0.2) is 0 Å². The van der Waals surface area contributed by atoms with Gasteiger partial charge >= 0.3 is 12.0 Å². The predicted molar refractivity (Wildman–Crippen MR) is 53.2 cm³/mol. The molecule has 2 amide bonds. The number of amides is 2. The van der Waals surface area contributed by atoms with Gasteiger partial charge in [-0.15, -0.1) is 0 Å². The van der Waals surface area contributed by atoms with Crippen molar-refractivity contribution in [2.75, 3.05) is 6.54 Å². The van der Waals surface area contributed by atoms with Crippen LogP contribution in [-0.2, 0) is 4.79 Å². The van der Waals surface area contributed by atoms with Crippen LogP contribution in [0, 0.1) is 0 Å². The number of aliphatic carboxylic acids is 1. The minimum atomic E-state index is -1.00. The van der Waals surface area contributed by atoms with Gasteiger partial charge in [-0.05, 0) is 12.8 Å². The second-order valence-corrected chi connectivity index (χ2v) is 3.05. The normalized spacial score (nSPS) is 11.9. The molecule has 0 aromatic heterocycles. The molecule has 0 aliphatic rings. The summed E-state index contributed by atoms with van der Waals surface area (Å²) in [4.78, 5) is 21.7. The maximum atomic E-state index is 11.1. The van der Waals surface area contributed by atoms with Crippen molar-refractivity contribution < 1.29 is 14.7 Å². The average Bonchev–Trinajstić information content (AvgIpc) is 2.14. The van der Waals surface area contributed by atoms with Crippen LogP contribution in [0.1, 0.15) is 33.1 Å². The fourth-order valence-electron chi connectivity index (χ4n) is 0.926. The van der Waals surface area contributed by atoms with Gasteiger partial charge in [-0.1, -0.05) is 20.3 Å². The minimum Gasteiger partial charge on any atom is -0.480 e. The SMILES string of the molecule is CCCCNC(=O)N[C@H](CC)C(=O)O. The van der Waals surface area contributed by atoms with E-state index >= 15 is 0 Å². The number of rotatable bonds is 6. The van der Waals surface area contributed by atoms with Gasteiger partial charge in [0, 0.05) is 6.54 Å². The number of nitrogens with one attached hydrogen (secondary N) is 2. The number of unbranched alkanes of at least 4 members (excludes halogenated alkanes) is 1. The molecule has 0 fully saturated rings. The van der Waals surface area contributed by atoms with E-state index in [1.807, 2.05) is 6.92 Å². The maximum Gasteiger partial charge on any atom is 0.326 e. The van der Waals surface area contributed by atoms with Crippen molar-refractivity contribution >= 4 is 12.0 Å². The number of carboxylic acid groups (broad SMARTS) is 1. The summed E-state index contributed by atoms with van der Waals surface area (Å²) < 4.78 is 0. The van der Waals surface area contributed by atoms with Gasteiger partial charge in [-0.25, -0.2) is 9.59 Å². The van der Waals surface area contributed by atoms with E-state index in [1.54, 1.807) is 6.92 Å². The zero-order valence-electron chi connectivity index (χ0n) is 8.67. The summed E-state index contributed by atoms with van der Waals surface area (Å²) in [5.41, 5.74) is 0. The molecule has 0 radical (unpaired) electrons. The Labute approximate surface area is 83.9 Å². The zero-order chi connectivity index (χ0) is 11.0. The molecule has 14 heavy (non-hydrogen) atoms. The Morgan fingerprint density at radius 1 is 1.36 bits per heavy atom. The highest BCUT2D eigenvalue weighted by atomic mass is 16.4. The topological polar surface area (TPSA) is 78.4 Å². The number of hydrogen-bond acceptors (Lipinski definition) is 2. The van der Waals surface area contributed by atoms with E-state index in [0.29, 0.717) is 13.0 Å². The number of carbonyl (C=O) groups is 2. The summed E-state index contributed by atoms with van der Waals surface area (Å²) in [6, 6.07) is -1.20. The molecule has 0 heterocycles. The second kappa shape index (κ2) is 7.17. The molecule has 82 valence electrons. The van der Waals surface area contributed by atoms with Crippen molar-refractivity contribution in [3.05, 3.63) is 0 Å². The lowest BCUT2D eigenvalue weighted by atomic mass is 10.2. The Bertz CT molecular complexity index is 194. The molecular weight excluding hydrogens is 184 g/mol. The standard InChI is InChI=1S/C9H18N2O3/c1-3-5-6-10-9(14)11-7(4-2)8(12)13/h7H,3-6H2,1-2H3,(H,12,13)(H2,10,11,14)/t7-/m1/s1. The first-order valence-corrected chi connectivity index (χ1v) is 4.89. The van der Waals surface area contributed by atoms with Crippen molar-refractivity contribution in [3.63, 3.8) is 0 Å². The van der Waals surface area contributed by atoms with E-state index in [9.17, 15) is 9.59 Å². The highest BCUT2D eigenvalue weighted by Gasteiger charge is 2.16. The van der Waals surface area contributed by atoms with Crippen LogP contribution in [0.3, 0.4) is 0 Å². The zero-order valence-corrected chi connectivity index (χ0v) is 8.67. The fraction of sp³-hybridized carbons (Fsp3) is 0.778. The Morgan fingerprint density at radius 3 is 2.43 bits per heavy atom. The van der Waals surface area contributed by atoms with Gasteiger partial charge in [0.05, 0.1) is 0 Å². The molecule has 0 aliphatic heterocycles. The van der Waals surface area contributed by atoms with Gasteiger partial charge < -0.3 is 15.7 Å². The molecule has 0 aromatic carbocycles. The third kappa shape index (κ3) is 5.40. The highest BCUT2D eigenvalue weighted by molar-refractivity contribution is 5.82. The maximum absolute atomic E-state index is 11.1. The molecule has 0 saturated heterocycles. The number of carbonyl (C=O) groups excluding carboxylic acids is 1.